The first-order valence-corrected chi connectivity index (χ1v) is 38.1. The maximum absolute atomic E-state index is 10.9. The van der Waals surface area contributed by atoms with Crippen LogP contribution in [0.1, 0.15) is 374 Å². The maximum atomic E-state index is 10.9. The molecule has 0 aliphatic carbocycles. The van der Waals surface area contributed by atoms with Crippen LogP contribution in [0.2, 0.25) is 4.44 Å². The molecule has 0 N–H and O–H groups in total. The third kappa shape index (κ3) is 76.3. The van der Waals surface area contributed by atoms with Gasteiger partial charge in [0.25, 0.3) is 0 Å². The Morgan fingerprint density at radius 1 is 0.256 bits per heavy atom. The fourth-order valence-corrected chi connectivity index (χ4v) is 11.9. The average molecular weight is 1260 g/mol. The second-order valence-corrected chi connectivity index (χ2v) is 26.0. The van der Waals surface area contributed by atoms with Crippen LogP contribution in [-0.2, 0) is 14.4 Å². The Balaban J connectivity index is -0.000000487. The van der Waals surface area contributed by atoms with Crippen LogP contribution in [0.3, 0.4) is 0 Å². The van der Waals surface area contributed by atoms with Crippen molar-refractivity contribution in [2.45, 2.75) is 379 Å². The number of carbonyl (C=O) groups is 3. The Kier molecular flexibility index (Phi) is 83.9. The SMILES string of the molecule is CCCCCCCCCCCCCCCCC(CCS)C(=O)[O-].CCCCCCCCCCCCCCCCC(CCS)C(=O)[O-].CCCCCCCCCCCCCCCCC(CCS)C(=O)[O-].CCCCCCC[CH2][Sn+3]. The summed E-state index contributed by atoms with van der Waals surface area (Å²) in [5.74, 6) is -1.64. The molecule has 0 bridgehead atoms. The van der Waals surface area contributed by atoms with Crippen molar-refractivity contribution in [2.75, 3.05) is 17.3 Å². The molecule has 0 heterocycles. The Morgan fingerprint density at radius 2 is 0.397 bits per heavy atom. The van der Waals surface area contributed by atoms with Gasteiger partial charge in [-0.3, -0.25) is 0 Å². The number of hydrogen-bond acceptors (Lipinski definition) is 9. The van der Waals surface area contributed by atoms with Crippen molar-refractivity contribution >= 4 is 78.3 Å². The second-order valence-electron chi connectivity index (χ2n) is 23.3. The Labute approximate surface area is 518 Å². The van der Waals surface area contributed by atoms with E-state index in [-0.39, 0.29) is 17.8 Å². The van der Waals surface area contributed by atoms with E-state index in [0.717, 1.165) is 57.8 Å². The molecule has 0 fully saturated rings. The molecule has 0 spiro atoms. The summed E-state index contributed by atoms with van der Waals surface area (Å²) in [6, 6.07) is 0. The van der Waals surface area contributed by atoms with Gasteiger partial charge in [0.15, 0.2) is 0 Å². The number of carboxylic acid groups (broad SMARTS) is 3. The number of thiol groups is 3. The van der Waals surface area contributed by atoms with Gasteiger partial charge in [0.05, 0.1) is 0 Å². The first-order chi connectivity index (χ1) is 38.1. The summed E-state index contributed by atoms with van der Waals surface area (Å²) in [5, 5.41) is 32.7. The van der Waals surface area contributed by atoms with Crippen molar-refractivity contribution in [2.24, 2.45) is 17.8 Å². The van der Waals surface area contributed by atoms with E-state index >= 15 is 0 Å². The zero-order valence-corrected chi connectivity index (χ0v) is 58.1. The number of aliphatic carboxylic acids is 3. The third-order valence-corrected chi connectivity index (χ3v) is 17.5. The molecule has 464 valence electrons. The first-order valence-electron chi connectivity index (χ1n) is 34.2. The summed E-state index contributed by atoms with van der Waals surface area (Å²) in [7, 11) is 0. The summed E-state index contributed by atoms with van der Waals surface area (Å²) < 4.78 is 1.46. The van der Waals surface area contributed by atoms with Crippen LogP contribution >= 0.6 is 37.9 Å². The van der Waals surface area contributed by atoms with Crippen LogP contribution in [0.5, 0.6) is 0 Å². The second kappa shape index (κ2) is 77.3. The van der Waals surface area contributed by atoms with Gasteiger partial charge in [-0.1, -0.05) is 290 Å². The Bertz CT molecular complexity index is 1000. The summed E-state index contributed by atoms with van der Waals surface area (Å²) in [6.45, 7) is 9.07. The molecule has 0 saturated heterocycles. The normalized spacial score (nSPS) is 12.2. The summed E-state index contributed by atoms with van der Waals surface area (Å²) in [6.07, 6.45) is 68.9. The zero-order chi connectivity index (χ0) is 58.5. The van der Waals surface area contributed by atoms with Gasteiger partial charge in [-0.15, -0.1) is 0 Å². The van der Waals surface area contributed by atoms with Crippen molar-refractivity contribution < 1.29 is 29.7 Å². The summed E-state index contributed by atoms with van der Waals surface area (Å²) >= 11 is 14.0. The molecule has 0 aromatic rings. The van der Waals surface area contributed by atoms with Crippen LogP contribution in [0, 0.1) is 17.8 Å². The number of hydrogen-bond donors (Lipinski definition) is 3. The number of carboxylic acids is 3. The topological polar surface area (TPSA) is 120 Å². The van der Waals surface area contributed by atoms with Gasteiger partial charge in [-0.05, 0) is 73.5 Å². The molecule has 0 aliphatic rings. The van der Waals surface area contributed by atoms with Gasteiger partial charge >= 0.3 is 72.4 Å². The minimum atomic E-state index is -0.895. The van der Waals surface area contributed by atoms with Gasteiger partial charge in [-0.2, -0.15) is 37.9 Å². The Morgan fingerprint density at radius 3 is 0.526 bits per heavy atom. The standard InChI is InChI=1S/3C20H40O2S.C8H17.Sn/c3*1-2-3-4-5-6-7-8-9-10-11-12-13-14-15-16-19(17-18-23)20(21)22;1-3-5-7-8-6-4-2;/h3*19,23H,2-18H2,1H3,(H,21,22);1,3-8H2,2H3;/q;;;;+3/p-3. The summed E-state index contributed by atoms with van der Waals surface area (Å²) in [5.41, 5.74) is 0. The number of unbranched alkanes of at least 4 members (excludes halogenated alkanes) is 44. The zero-order valence-electron chi connectivity index (χ0n) is 52.5. The molecule has 10 heteroatoms. The van der Waals surface area contributed by atoms with Crippen molar-refractivity contribution in [3.63, 3.8) is 0 Å². The van der Waals surface area contributed by atoms with E-state index in [2.05, 4.69) is 65.6 Å². The molecule has 3 atom stereocenters. The molecule has 0 rings (SSSR count). The molecule has 0 aliphatic heterocycles. The van der Waals surface area contributed by atoms with E-state index in [9.17, 15) is 29.7 Å². The molecule has 0 saturated carbocycles. The number of carbonyl (C=O) groups excluding carboxylic acids is 3. The molecule has 0 aromatic heterocycles. The van der Waals surface area contributed by atoms with Gasteiger partial charge < -0.3 is 29.7 Å². The van der Waals surface area contributed by atoms with Crippen LogP contribution in [0.25, 0.3) is 0 Å². The third-order valence-electron chi connectivity index (χ3n) is 15.7. The molecular formula is C68H134O6S3Sn. The van der Waals surface area contributed by atoms with Crippen LogP contribution in [0.4, 0.5) is 0 Å². The van der Waals surface area contributed by atoms with Crippen LogP contribution in [0.15, 0.2) is 0 Å². The van der Waals surface area contributed by atoms with Crippen LogP contribution < -0.4 is 15.3 Å². The molecule has 78 heavy (non-hydrogen) atoms. The molecule has 0 radical (unpaired) electrons. The molecule has 3 unspecified atom stereocenters. The number of rotatable bonds is 60. The molecule has 6 nitrogen and oxygen atoms in total. The van der Waals surface area contributed by atoms with Gasteiger partial charge in [-0.25, -0.2) is 0 Å². The van der Waals surface area contributed by atoms with Gasteiger partial charge in [0, 0.05) is 17.9 Å². The van der Waals surface area contributed by atoms with E-state index in [1.54, 1.807) is 22.5 Å². The monoisotopic (exact) mass is 1260 g/mol. The molecule has 0 aromatic carbocycles. The first kappa shape index (κ1) is 84.7. The van der Waals surface area contributed by atoms with E-state index < -0.39 is 17.9 Å². The van der Waals surface area contributed by atoms with E-state index in [4.69, 9.17) is 0 Å². The van der Waals surface area contributed by atoms with E-state index in [1.165, 1.54) is 274 Å². The minimum absolute atomic E-state index is 0.287. The summed E-state index contributed by atoms with van der Waals surface area (Å²) in [4.78, 5) is 32.7. The van der Waals surface area contributed by atoms with E-state index in [1.807, 2.05) is 0 Å². The average Bonchev–Trinajstić information content (AvgIpc) is 3.42. The molecule has 0 amide bonds. The van der Waals surface area contributed by atoms with Gasteiger partial charge in [0.2, 0.25) is 0 Å². The predicted molar refractivity (Wildman–Crippen MR) is 350 cm³/mol. The van der Waals surface area contributed by atoms with Crippen molar-refractivity contribution in [3.8, 4) is 0 Å². The van der Waals surface area contributed by atoms with E-state index in [0.29, 0.717) is 36.5 Å². The predicted octanol–water partition coefficient (Wildman–Crippen LogP) is 19.6. The Hall–Kier alpha value is 0.259. The fourth-order valence-electron chi connectivity index (χ4n) is 10.3. The van der Waals surface area contributed by atoms with Gasteiger partial charge in [0.1, 0.15) is 0 Å². The quantitative estimate of drug-likeness (QED) is 0.0317. The van der Waals surface area contributed by atoms with Crippen LogP contribution in [-0.4, -0.2) is 57.7 Å². The van der Waals surface area contributed by atoms with Crippen molar-refractivity contribution in [1.29, 1.82) is 0 Å². The molecular weight excluding hydrogens is 1130 g/mol. The van der Waals surface area contributed by atoms with Crippen molar-refractivity contribution in [3.05, 3.63) is 0 Å². The van der Waals surface area contributed by atoms with Crippen molar-refractivity contribution in [1.82, 2.24) is 0 Å². The fraction of sp³-hybridized carbons (Fsp3) is 0.956.